The number of rotatable bonds is 7. The molecule has 0 heterocycles. The molecule has 4 rings (SSSR count). The molecule has 0 bridgehead atoms. The number of ether oxygens (including phenoxy) is 2. The molecule has 0 saturated carbocycles. The van der Waals surface area contributed by atoms with Gasteiger partial charge in [0.1, 0.15) is 0 Å². The standard InChI is InChI=1S/C28H28BrO2P/c1-22-27(30-2)19-23(20-28(22)31-3)21-32(29,24-13-7-4-8-14-24,25-15-9-5-10-16-25)26-17-11-6-12-18-26/h4-20H,21H2,1-3H3. The van der Waals surface area contributed by atoms with Crippen LogP contribution in [0.15, 0.2) is 103 Å². The molecule has 4 aromatic rings. The zero-order valence-corrected chi connectivity index (χ0v) is 21.1. The van der Waals surface area contributed by atoms with Crippen LogP contribution in [0.4, 0.5) is 0 Å². The second-order valence-electron chi connectivity index (χ2n) is 7.97. The summed E-state index contributed by atoms with van der Waals surface area (Å²) in [5, 5.41) is 0.787. The van der Waals surface area contributed by atoms with Crippen LogP contribution in [0.25, 0.3) is 0 Å². The van der Waals surface area contributed by atoms with Gasteiger partial charge in [0.15, 0.2) is 0 Å². The molecule has 0 amide bonds. The molecule has 0 fully saturated rings. The van der Waals surface area contributed by atoms with E-state index in [4.69, 9.17) is 9.47 Å². The molecule has 0 aliphatic carbocycles. The molecule has 2 nitrogen and oxygen atoms in total. The molecule has 0 N–H and O–H groups in total. The number of halogens is 1. The molecule has 0 aromatic heterocycles. The summed E-state index contributed by atoms with van der Waals surface area (Å²) in [6.45, 7) is 2.03. The third kappa shape index (κ3) is 3.74. The fourth-order valence-electron chi connectivity index (χ4n) is 4.51. The Bertz CT molecular complexity index is 1070. The third-order valence-electron chi connectivity index (χ3n) is 6.18. The van der Waals surface area contributed by atoms with E-state index in [1.807, 2.05) is 6.92 Å². The van der Waals surface area contributed by atoms with Gasteiger partial charge in [0.2, 0.25) is 0 Å². The van der Waals surface area contributed by atoms with Crippen molar-refractivity contribution in [2.24, 2.45) is 0 Å². The van der Waals surface area contributed by atoms with Crippen LogP contribution in [0.2, 0.25) is 0 Å². The SMILES string of the molecule is COc1cc(CP(Br)(c2ccccc2)(c2ccccc2)c2ccccc2)cc(OC)c1C. The Labute approximate surface area is 198 Å². The van der Waals surface area contributed by atoms with Crippen molar-refractivity contribution in [3.63, 3.8) is 0 Å². The zero-order chi connectivity index (χ0) is 22.6. The molecule has 0 spiro atoms. The van der Waals surface area contributed by atoms with Crippen molar-refractivity contribution < 1.29 is 9.47 Å². The van der Waals surface area contributed by atoms with E-state index in [-0.39, 0.29) is 0 Å². The normalized spacial score (nSPS) is 12.6. The van der Waals surface area contributed by atoms with Crippen LogP contribution in [0.5, 0.6) is 11.5 Å². The Balaban J connectivity index is 2.08. The first-order valence-electron chi connectivity index (χ1n) is 10.6. The van der Waals surface area contributed by atoms with Crippen molar-refractivity contribution in [3.8, 4) is 11.5 Å². The van der Waals surface area contributed by atoms with Gasteiger partial charge in [-0.3, -0.25) is 0 Å². The van der Waals surface area contributed by atoms with E-state index in [1.54, 1.807) is 14.2 Å². The summed E-state index contributed by atoms with van der Waals surface area (Å²) in [7, 11) is 3.43. The van der Waals surface area contributed by atoms with Crippen LogP contribution in [-0.2, 0) is 6.16 Å². The van der Waals surface area contributed by atoms with E-state index in [0.29, 0.717) is 0 Å². The minimum absolute atomic E-state index is 0.788. The predicted molar refractivity (Wildman–Crippen MR) is 142 cm³/mol. The molecule has 4 aromatic carbocycles. The van der Waals surface area contributed by atoms with Gasteiger partial charge in [0, 0.05) is 0 Å². The number of hydrogen-bond donors (Lipinski definition) is 0. The van der Waals surface area contributed by atoms with Gasteiger partial charge in [-0.15, -0.1) is 0 Å². The number of hydrogen-bond acceptors (Lipinski definition) is 2. The number of benzene rings is 4. The molecule has 0 unspecified atom stereocenters. The van der Waals surface area contributed by atoms with Crippen molar-refractivity contribution in [2.75, 3.05) is 14.2 Å². The maximum atomic E-state index is 5.71. The molecule has 0 saturated heterocycles. The van der Waals surface area contributed by atoms with Crippen molar-refractivity contribution in [3.05, 3.63) is 114 Å². The monoisotopic (exact) mass is 506 g/mol. The van der Waals surface area contributed by atoms with Crippen LogP contribution in [0.1, 0.15) is 11.1 Å². The van der Waals surface area contributed by atoms with Gasteiger partial charge in [0.05, 0.1) is 0 Å². The maximum absolute atomic E-state index is 5.71. The summed E-state index contributed by atoms with van der Waals surface area (Å²) < 4.78 is 11.4. The molecular weight excluding hydrogens is 479 g/mol. The Morgan fingerprint density at radius 2 is 0.969 bits per heavy atom. The van der Waals surface area contributed by atoms with Crippen LogP contribution in [0, 0.1) is 6.92 Å². The molecule has 0 atom stereocenters. The van der Waals surface area contributed by atoms with Crippen molar-refractivity contribution in [1.29, 1.82) is 0 Å². The first-order chi connectivity index (χ1) is 15.5. The van der Waals surface area contributed by atoms with E-state index in [1.165, 1.54) is 15.9 Å². The Hall–Kier alpha value is -2.61. The van der Waals surface area contributed by atoms with E-state index >= 15 is 0 Å². The van der Waals surface area contributed by atoms with Gasteiger partial charge in [-0.25, -0.2) is 0 Å². The summed E-state index contributed by atoms with van der Waals surface area (Å²) in [4.78, 5) is 0. The van der Waals surface area contributed by atoms with Gasteiger partial charge in [0.25, 0.3) is 0 Å². The van der Waals surface area contributed by atoms with E-state index in [0.717, 1.165) is 28.8 Å². The molecule has 4 heteroatoms. The van der Waals surface area contributed by atoms with E-state index in [9.17, 15) is 0 Å². The summed E-state index contributed by atoms with van der Waals surface area (Å²) in [6, 6.07) is 36.7. The zero-order valence-electron chi connectivity index (χ0n) is 18.7. The van der Waals surface area contributed by atoms with Gasteiger partial charge < -0.3 is 0 Å². The fraction of sp³-hybridized carbons (Fsp3) is 0.143. The first kappa shape index (κ1) is 22.6. The minimum atomic E-state index is -3.07. The second-order valence-corrected chi connectivity index (χ2v) is 16.9. The molecule has 32 heavy (non-hydrogen) atoms. The quantitative estimate of drug-likeness (QED) is 0.272. The predicted octanol–water partition coefficient (Wildman–Crippen LogP) is 6.35. The first-order valence-corrected chi connectivity index (χ1v) is 15.1. The summed E-state index contributed by atoms with van der Waals surface area (Å²) in [5.41, 5.74) is 2.17. The molecular formula is C28H28BrO2P. The second kappa shape index (κ2) is 9.10. The fourth-order valence-corrected chi connectivity index (χ4v) is 12.2. The summed E-state index contributed by atoms with van der Waals surface area (Å²) in [6.07, 6.45) is 0.788. The van der Waals surface area contributed by atoms with Gasteiger partial charge in [-0.1, -0.05) is 0 Å². The average molecular weight is 507 g/mol. The van der Waals surface area contributed by atoms with Crippen LogP contribution < -0.4 is 25.4 Å². The van der Waals surface area contributed by atoms with Gasteiger partial charge >= 0.3 is 199 Å². The summed E-state index contributed by atoms with van der Waals surface area (Å²) >= 11 is 4.51. The third-order valence-corrected chi connectivity index (χ3v) is 15.7. The van der Waals surface area contributed by atoms with E-state index in [2.05, 4.69) is 119 Å². The molecule has 0 aliphatic heterocycles. The Morgan fingerprint density at radius 3 is 1.28 bits per heavy atom. The number of methoxy groups -OCH3 is 2. The topological polar surface area (TPSA) is 18.5 Å². The molecule has 0 aliphatic rings. The van der Waals surface area contributed by atoms with Crippen molar-refractivity contribution >= 4 is 36.7 Å². The van der Waals surface area contributed by atoms with Gasteiger partial charge in [-0.2, -0.15) is 0 Å². The van der Waals surface area contributed by atoms with Crippen LogP contribution >= 0.6 is 20.8 Å². The molecule has 164 valence electrons. The molecule has 0 radical (unpaired) electrons. The van der Waals surface area contributed by atoms with E-state index < -0.39 is 5.31 Å². The van der Waals surface area contributed by atoms with Crippen molar-refractivity contribution in [1.82, 2.24) is 0 Å². The van der Waals surface area contributed by atoms with Gasteiger partial charge in [-0.05, 0) is 0 Å². The average Bonchev–Trinajstić information content (AvgIpc) is 2.86. The van der Waals surface area contributed by atoms with Crippen LogP contribution in [0.3, 0.4) is 0 Å². The Morgan fingerprint density at radius 1 is 0.625 bits per heavy atom. The Kier molecular flexibility index (Phi) is 6.42. The van der Waals surface area contributed by atoms with Crippen molar-refractivity contribution in [2.45, 2.75) is 13.1 Å². The summed E-state index contributed by atoms with van der Waals surface area (Å²) in [5.74, 6) is 1.68. The van der Waals surface area contributed by atoms with Crippen LogP contribution in [-0.4, -0.2) is 14.2 Å².